The van der Waals surface area contributed by atoms with Crippen molar-refractivity contribution in [3.05, 3.63) is 58.1 Å². The third-order valence-electron chi connectivity index (χ3n) is 3.97. The van der Waals surface area contributed by atoms with Crippen molar-refractivity contribution in [3.63, 3.8) is 0 Å². The first kappa shape index (κ1) is 21.2. The van der Waals surface area contributed by atoms with E-state index in [0.29, 0.717) is 11.3 Å². The molecule has 0 unspecified atom stereocenters. The molecule has 2 aromatic carbocycles. The summed E-state index contributed by atoms with van der Waals surface area (Å²) in [5.74, 6) is -1.07. The quantitative estimate of drug-likeness (QED) is 0.536. The lowest BCUT2D eigenvalue weighted by Crippen LogP contribution is -2.35. The van der Waals surface area contributed by atoms with Crippen molar-refractivity contribution in [1.29, 1.82) is 0 Å². The van der Waals surface area contributed by atoms with Gasteiger partial charge in [-0.15, -0.1) is 0 Å². The highest BCUT2D eigenvalue weighted by Crippen LogP contribution is 2.33. The number of nitrogens with one attached hydrogen (secondary N) is 1. The third-order valence-corrected chi connectivity index (χ3v) is 4.34. The average molecular weight is 406 g/mol. The first-order valence-corrected chi connectivity index (χ1v) is 8.73. The first-order chi connectivity index (χ1) is 13.4. The minimum atomic E-state index is -1.11. The predicted molar refractivity (Wildman–Crippen MR) is 103 cm³/mol. The molecule has 2 rings (SSSR count). The van der Waals surface area contributed by atoms with Gasteiger partial charge in [0.25, 0.3) is 5.91 Å². The lowest BCUT2D eigenvalue weighted by Gasteiger charge is -2.17. The van der Waals surface area contributed by atoms with E-state index in [4.69, 9.17) is 25.8 Å². The van der Waals surface area contributed by atoms with Crippen LogP contribution in [0.4, 0.5) is 0 Å². The lowest BCUT2D eigenvalue weighted by atomic mass is 10.1. The monoisotopic (exact) mass is 405 g/mol. The molecule has 0 aromatic heterocycles. The van der Waals surface area contributed by atoms with Crippen LogP contribution in [0.2, 0.25) is 5.02 Å². The molecule has 28 heavy (non-hydrogen) atoms. The zero-order valence-electron chi connectivity index (χ0n) is 15.7. The van der Waals surface area contributed by atoms with Crippen molar-refractivity contribution >= 4 is 29.8 Å². The molecule has 8 heteroatoms. The highest BCUT2D eigenvalue weighted by Gasteiger charge is 2.26. The van der Waals surface area contributed by atoms with Crippen molar-refractivity contribution in [1.82, 2.24) is 5.32 Å². The minimum absolute atomic E-state index is 0.0563. The van der Waals surface area contributed by atoms with Crippen LogP contribution in [0.3, 0.4) is 0 Å². The van der Waals surface area contributed by atoms with E-state index in [0.717, 1.165) is 5.56 Å². The number of hydrogen-bond donors (Lipinski definition) is 1. The SMILES string of the molecule is COc1ccc(C=O)c(C(=O)O[C@H](C)C(=O)NCc2ccccc2Cl)c1OC. The minimum Gasteiger partial charge on any atom is -0.493 e. The van der Waals surface area contributed by atoms with Gasteiger partial charge in [0.05, 0.1) is 14.2 Å². The Balaban J connectivity index is 2.12. The molecule has 1 amide bonds. The maximum absolute atomic E-state index is 12.6. The molecule has 7 nitrogen and oxygen atoms in total. The van der Waals surface area contributed by atoms with Gasteiger partial charge in [0.15, 0.2) is 23.9 Å². The molecular weight excluding hydrogens is 386 g/mol. The molecule has 0 radical (unpaired) electrons. The van der Waals surface area contributed by atoms with Crippen LogP contribution in [-0.2, 0) is 16.1 Å². The third kappa shape index (κ3) is 4.80. The van der Waals surface area contributed by atoms with E-state index in [9.17, 15) is 14.4 Å². The second-order valence-electron chi connectivity index (χ2n) is 5.74. The van der Waals surface area contributed by atoms with E-state index in [1.165, 1.54) is 33.3 Å². The van der Waals surface area contributed by atoms with Gasteiger partial charge in [-0.05, 0) is 30.7 Å². The van der Waals surface area contributed by atoms with E-state index >= 15 is 0 Å². The Morgan fingerprint density at radius 1 is 1.14 bits per heavy atom. The van der Waals surface area contributed by atoms with Gasteiger partial charge in [-0.25, -0.2) is 4.79 Å². The lowest BCUT2D eigenvalue weighted by molar-refractivity contribution is -0.129. The maximum Gasteiger partial charge on any atom is 0.343 e. The highest BCUT2D eigenvalue weighted by molar-refractivity contribution is 6.31. The summed E-state index contributed by atoms with van der Waals surface area (Å²) in [7, 11) is 2.74. The van der Waals surface area contributed by atoms with Crippen LogP contribution >= 0.6 is 11.6 Å². The van der Waals surface area contributed by atoms with Crippen LogP contribution in [0.5, 0.6) is 11.5 Å². The van der Waals surface area contributed by atoms with Gasteiger partial charge in [-0.1, -0.05) is 29.8 Å². The number of amides is 1. The van der Waals surface area contributed by atoms with Crippen LogP contribution < -0.4 is 14.8 Å². The summed E-state index contributed by atoms with van der Waals surface area (Å²) >= 11 is 6.05. The second-order valence-corrected chi connectivity index (χ2v) is 6.15. The van der Waals surface area contributed by atoms with Gasteiger partial charge in [0.1, 0.15) is 5.56 Å². The molecule has 2 aromatic rings. The molecule has 0 aliphatic heterocycles. The number of aldehydes is 1. The number of rotatable bonds is 8. The number of halogens is 1. The molecule has 1 N–H and O–H groups in total. The summed E-state index contributed by atoms with van der Waals surface area (Å²) in [6.45, 7) is 1.61. The number of ether oxygens (including phenoxy) is 3. The Morgan fingerprint density at radius 3 is 2.46 bits per heavy atom. The summed E-state index contributed by atoms with van der Waals surface area (Å²) in [5.41, 5.74) is 0.683. The molecule has 0 saturated heterocycles. The van der Waals surface area contributed by atoms with Gasteiger partial charge < -0.3 is 19.5 Å². The van der Waals surface area contributed by atoms with Crippen molar-refractivity contribution in [2.24, 2.45) is 0 Å². The van der Waals surface area contributed by atoms with Gasteiger partial charge >= 0.3 is 5.97 Å². The Morgan fingerprint density at radius 2 is 1.86 bits per heavy atom. The van der Waals surface area contributed by atoms with E-state index in [2.05, 4.69) is 5.32 Å². The average Bonchev–Trinajstić information content (AvgIpc) is 2.71. The van der Waals surface area contributed by atoms with Crippen molar-refractivity contribution < 1.29 is 28.6 Å². The molecule has 0 aliphatic carbocycles. The van der Waals surface area contributed by atoms with Crippen molar-refractivity contribution in [2.45, 2.75) is 19.6 Å². The zero-order chi connectivity index (χ0) is 20.7. The molecule has 0 aliphatic rings. The predicted octanol–water partition coefficient (Wildman–Crippen LogP) is 3.03. The second kappa shape index (κ2) is 9.75. The number of carbonyl (C=O) groups excluding carboxylic acids is 3. The van der Waals surface area contributed by atoms with E-state index in [-0.39, 0.29) is 29.2 Å². The fourth-order valence-corrected chi connectivity index (χ4v) is 2.69. The normalized spacial score (nSPS) is 11.3. The van der Waals surface area contributed by atoms with Crippen LogP contribution in [0.1, 0.15) is 33.2 Å². The van der Waals surface area contributed by atoms with E-state index < -0.39 is 18.0 Å². The number of hydrogen-bond acceptors (Lipinski definition) is 6. The molecule has 0 heterocycles. The Bertz CT molecular complexity index is 883. The molecule has 148 valence electrons. The van der Waals surface area contributed by atoms with Crippen molar-refractivity contribution in [2.75, 3.05) is 14.2 Å². The number of carbonyl (C=O) groups is 3. The van der Waals surface area contributed by atoms with Crippen LogP contribution in [-0.4, -0.2) is 38.5 Å². The van der Waals surface area contributed by atoms with E-state index in [1.807, 2.05) is 0 Å². The number of methoxy groups -OCH3 is 2. The van der Waals surface area contributed by atoms with Gasteiger partial charge in [-0.2, -0.15) is 0 Å². The molecule has 0 bridgehead atoms. The summed E-state index contributed by atoms with van der Waals surface area (Å²) in [6, 6.07) is 9.97. The van der Waals surface area contributed by atoms with Crippen LogP contribution in [0.15, 0.2) is 36.4 Å². The molecule has 0 saturated carbocycles. The Labute approximate surface area is 167 Å². The van der Waals surface area contributed by atoms with Gasteiger partial charge in [0, 0.05) is 17.1 Å². The summed E-state index contributed by atoms with van der Waals surface area (Å²) in [4.78, 5) is 36.2. The van der Waals surface area contributed by atoms with Crippen molar-refractivity contribution in [3.8, 4) is 11.5 Å². The fourth-order valence-electron chi connectivity index (χ4n) is 2.49. The smallest absolute Gasteiger partial charge is 0.343 e. The van der Waals surface area contributed by atoms with Crippen LogP contribution in [0.25, 0.3) is 0 Å². The molecule has 1 atom stereocenters. The molecule has 0 fully saturated rings. The van der Waals surface area contributed by atoms with Crippen LogP contribution in [0, 0.1) is 0 Å². The van der Waals surface area contributed by atoms with Gasteiger partial charge in [0.2, 0.25) is 0 Å². The number of esters is 1. The maximum atomic E-state index is 12.6. The summed E-state index contributed by atoms with van der Waals surface area (Å²) < 4.78 is 15.6. The topological polar surface area (TPSA) is 90.9 Å². The Kier molecular flexibility index (Phi) is 7.40. The van der Waals surface area contributed by atoms with E-state index in [1.54, 1.807) is 24.3 Å². The highest BCUT2D eigenvalue weighted by atomic mass is 35.5. The first-order valence-electron chi connectivity index (χ1n) is 8.35. The Hall–Kier alpha value is -3.06. The fraction of sp³-hybridized carbons (Fsp3) is 0.250. The summed E-state index contributed by atoms with van der Waals surface area (Å²) in [5, 5.41) is 3.17. The zero-order valence-corrected chi connectivity index (χ0v) is 16.4. The van der Waals surface area contributed by atoms with Gasteiger partial charge in [-0.3, -0.25) is 9.59 Å². The molecular formula is C20H20ClNO6. The standard InChI is InChI=1S/C20H20ClNO6/c1-12(19(24)22-10-13-6-4-5-7-15(13)21)28-20(25)17-14(11-23)8-9-16(26-2)18(17)27-3/h4-9,11-12H,10H2,1-3H3,(H,22,24)/t12-/m1/s1. The molecule has 0 spiro atoms. The largest absolute Gasteiger partial charge is 0.493 e. The number of benzene rings is 2. The summed E-state index contributed by atoms with van der Waals surface area (Å²) in [6.07, 6.45) is -0.605.